The maximum absolute atomic E-state index is 11.9. The Kier molecular flexibility index (Phi) is 6.76. The van der Waals surface area contributed by atoms with E-state index in [2.05, 4.69) is 0 Å². The standard InChI is InChI=1S/C14H16ClN3O2.ClH/c15-12-6-10(8-16)5-11(7-12)9-20-14(19)18-3-1-13(17)2-4-18;/h5-7,13H,1-4,9,17H2;1H. The van der Waals surface area contributed by atoms with Crippen LogP contribution in [0.1, 0.15) is 24.0 Å². The second-order valence-electron chi connectivity index (χ2n) is 4.84. The van der Waals surface area contributed by atoms with Gasteiger partial charge in [-0.3, -0.25) is 0 Å². The van der Waals surface area contributed by atoms with Crippen molar-refractivity contribution in [1.82, 2.24) is 4.90 Å². The van der Waals surface area contributed by atoms with Crippen molar-refractivity contribution in [2.45, 2.75) is 25.5 Å². The van der Waals surface area contributed by atoms with Gasteiger partial charge >= 0.3 is 6.09 Å². The average molecular weight is 330 g/mol. The number of likely N-dealkylation sites (tertiary alicyclic amines) is 1. The van der Waals surface area contributed by atoms with E-state index in [1.807, 2.05) is 6.07 Å². The Morgan fingerprint density at radius 3 is 2.71 bits per heavy atom. The van der Waals surface area contributed by atoms with E-state index in [-0.39, 0.29) is 31.1 Å². The van der Waals surface area contributed by atoms with Gasteiger partial charge in [0.05, 0.1) is 11.6 Å². The van der Waals surface area contributed by atoms with Crippen LogP contribution in [0.25, 0.3) is 0 Å². The van der Waals surface area contributed by atoms with Crippen LogP contribution in [0.15, 0.2) is 18.2 Å². The summed E-state index contributed by atoms with van der Waals surface area (Å²) in [5, 5.41) is 9.31. The molecule has 1 aromatic rings. The fourth-order valence-corrected chi connectivity index (χ4v) is 2.37. The molecule has 0 spiro atoms. The average Bonchev–Trinajstić information content (AvgIpc) is 2.45. The number of nitrogens with two attached hydrogens (primary N) is 1. The van der Waals surface area contributed by atoms with E-state index in [9.17, 15) is 4.79 Å². The quantitative estimate of drug-likeness (QED) is 0.904. The van der Waals surface area contributed by atoms with Gasteiger partial charge in [0, 0.05) is 24.2 Å². The first-order valence-electron chi connectivity index (χ1n) is 6.45. The first-order chi connectivity index (χ1) is 9.58. The lowest BCUT2D eigenvalue weighted by atomic mass is 10.1. The number of hydrogen-bond donors (Lipinski definition) is 1. The number of hydrogen-bond acceptors (Lipinski definition) is 4. The van der Waals surface area contributed by atoms with Crippen molar-refractivity contribution in [3.63, 3.8) is 0 Å². The number of halogens is 2. The third-order valence-electron chi connectivity index (χ3n) is 3.25. The van der Waals surface area contributed by atoms with Gasteiger partial charge in [0.15, 0.2) is 0 Å². The lowest BCUT2D eigenvalue weighted by Gasteiger charge is -2.29. The largest absolute Gasteiger partial charge is 0.445 e. The van der Waals surface area contributed by atoms with Crippen molar-refractivity contribution in [2.24, 2.45) is 5.73 Å². The van der Waals surface area contributed by atoms with E-state index >= 15 is 0 Å². The number of amides is 1. The Hall–Kier alpha value is -1.48. The molecular formula is C14H17Cl2N3O2. The number of nitrogens with zero attached hydrogens (tertiary/aromatic N) is 2. The second-order valence-corrected chi connectivity index (χ2v) is 5.28. The Bertz CT molecular complexity index is 538. The number of benzene rings is 1. The fraction of sp³-hybridized carbons (Fsp3) is 0.429. The van der Waals surface area contributed by atoms with E-state index in [0.717, 1.165) is 12.8 Å². The van der Waals surface area contributed by atoms with Gasteiger partial charge in [-0.1, -0.05) is 11.6 Å². The lowest BCUT2D eigenvalue weighted by Crippen LogP contribution is -2.43. The molecular weight excluding hydrogens is 313 g/mol. The predicted molar refractivity (Wildman–Crippen MR) is 82.4 cm³/mol. The van der Waals surface area contributed by atoms with Crippen LogP contribution in [-0.4, -0.2) is 30.1 Å². The van der Waals surface area contributed by atoms with Crippen LogP contribution in [0.4, 0.5) is 4.79 Å². The van der Waals surface area contributed by atoms with Gasteiger partial charge in [-0.2, -0.15) is 5.26 Å². The van der Waals surface area contributed by atoms with Gasteiger partial charge in [-0.05, 0) is 36.6 Å². The topological polar surface area (TPSA) is 79.3 Å². The second kappa shape index (κ2) is 8.08. The highest BCUT2D eigenvalue weighted by molar-refractivity contribution is 6.30. The zero-order valence-electron chi connectivity index (χ0n) is 11.4. The van der Waals surface area contributed by atoms with Crippen molar-refractivity contribution < 1.29 is 9.53 Å². The molecule has 1 heterocycles. The summed E-state index contributed by atoms with van der Waals surface area (Å²) in [6, 6.07) is 7.09. The molecule has 1 fully saturated rings. The van der Waals surface area contributed by atoms with E-state index in [1.165, 1.54) is 0 Å². The first kappa shape index (κ1) is 17.6. The summed E-state index contributed by atoms with van der Waals surface area (Å²) in [4.78, 5) is 13.5. The van der Waals surface area contributed by atoms with Crippen LogP contribution in [0, 0.1) is 11.3 Å². The van der Waals surface area contributed by atoms with Crippen molar-refractivity contribution in [1.29, 1.82) is 5.26 Å². The van der Waals surface area contributed by atoms with Gasteiger partial charge in [0.25, 0.3) is 0 Å². The minimum atomic E-state index is -0.351. The number of piperidine rings is 1. The third kappa shape index (κ3) is 5.09. The molecule has 1 aromatic carbocycles. The van der Waals surface area contributed by atoms with E-state index in [0.29, 0.717) is 29.2 Å². The minimum Gasteiger partial charge on any atom is -0.445 e. The molecule has 7 heteroatoms. The molecule has 1 amide bonds. The van der Waals surface area contributed by atoms with Crippen LogP contribution in [0.2, 0.25) is 5.02 Å². The lowest BCUT2D eigenvalue weighted by molar-refractivity contribution is 0.0873. The maximum Gasteiger partial charge on any atom is 0.410 e. The van der Waals surface area contributed by atoms with Gasteiger partial charge < -0.3 is 15.4 Å². The first-order valence-corrected chi connectivity index (χ1v) is 6.83. The number of rotatable bonds is 2. The van der Waals surface area contributed by atoms with Crippen LogP contribution in [0.3, 0.4) is 0 Å². The Labute approximate surface area is 135 Å². The molecule has 21 heavy (non-hydrogen) atoms. The molecule has 2 N–H and O–H groups in total. The van der Waals surface area contributed by atoms with Crippen LogP contribution in [-0.2, 0) is 11.3 Å². The van der Waals surface area contributed by atoms with Crippen molar-refractivity contribution in [3.8, 4) is 6.07 Å². The van der Waals surface area contributed by atoms with Crippen molar-refractivity contribution >= 4 is 30.1 Å². The molecule has 2 rings (SSSR count). The zero-order chi connectivity index (χ0) is 14.5. The number of carbonyl (C=O) groups is 1. The van der Waals surface area contributed by atoms with Crippen LogP contribution in [0.5, 0.6) is 0 Å². The molecule has 1 aliphatic rings. The summed E-state index contributed by atoms with van der Waals surface area (Å²) >= 11 is 5.89. The summed E-state index contributed by atoms with van der Waals surface area (Å²) in [6.45, 7) is 1.36. The Morgan fingerprint density at radius 1 is 1.43 bits per heavy atom. The highest BCUT2D eigenvalue weighted by atomic mass is 35.5. The normalized spacial score (nSPS) is 15.0. The van der Waals surface area contributed by atoms with Gasteiger partial charge in [-0.25, -0.2) is 4.79 Å². The monoisotopic (exact) mass is 329 g/mol. The molecule has 0 saturated carbocycles. The summed E-state index contributed by atoms with van der Waals surface area (Å²) in [5.74, 6) is 0. The molecule has 0 atom stereocenters. The molecule has 0 aromatic heterocycles. The number of nitriles is 1. The summed E-state index contributed by atoms with van der Waals surface area (Å²) in [5.41, 5.74) is 6.94. The zero-order valence-corrected chi connectivity index (χ0v) is 13.0. The number of ether oxygens (including phenoxy) is 1. The molecule has 1 saturated heterocycles. The van der Waals surface area contributed by atoms with Crippen molar-refractivity contribution in [2.75, 3.05) is 13.1 Å². The van der Waals surface area contributed by atoms with Gasteiger partial charge in [0.2, 0.25) is 0 Å². The summed E-state index contributed by atoms with van der Waals surface area (Å²) in [6.07, 6.45) is 1.24. The van der Waals surface area contributed by atoms with Gasteiger partial charge in [0.1, 0.15) is 6.61 Å². The SMILES string of the molecule is Cl.N#Cc1cc(Cl)cc(COC(=O)N2CCC(N)CC2)c1. The van der Waals surface area contributed by atoms with E-state index in [4.69, 9.17) is 27.3 Å². The van der Waals surface area contributed by atoms with E-state index in [1.54, 1.807) is 23.1 Å². The fourth-order valence-electron chi connectivity index (χ4n) is 2.12. The highest BCUT2D eigenvalue weighted by Crippen LogP contribution is 2.16. The smallest absolute Gasteiger partial charge is 0.410 e. The predicted octanol–water partition coefficient (Wildman–Crippen LogP) is 2.69. The van der Waals surface area contributed by atoms with Gasteiger partial charge in [-0.15, -0.1) is 12.4 Å². The molecule has 114 valence electrons. The molecule has 0 aliphatic carbocycles. The van der Waals surface area contributed by atoms with Crippen LogP contribution < -0.4 is 5.73 Å². The van der Waals surface area contributed by atoms with E-state index < -0.39 is 0 Å². The number of carbonyl (C=O) groups excluding carboxylic acids is 1. The molecule has 0 radical (unpaired) electrons. The highest BCUT2D eigenvalue weighted by Gasteiger charge is 2.21. The third-order valence-corrected chi connectivity index (χ3v) is 3.47. The molecule has 0 bridgehead atoms. The molecule has 1 aliphatic heterocycles. The van der Waals surface area contributed by atoms with Crippen LogP contribution >= 0.6 is 24.0 Å². The van der Waals surface area contributed by atoms with Crippen molar-refractivity contribution in [3.05, 3.63) is 34.3 Å². The molecule has 5 nitrogen and oxygen atoms in total. The maximum atomic E-state index is 11.9. The summed E-state index contributed by atoms with van der Waals surface area (Å²) < 4.78 is 5.24. The minimum absolute atomic E-state index is 0. The molecule has 0 unspecified atom stereocenters. The summed E-state index contributed by atoms with van der Waals surface area (Å²) in [7, 11) is 0. The Balaban J connectivity index is 0.00000220. The Morgan fingerprint density at radius 2 is 2.10 bits per heavy atom.